The SMILES string of the molecule is O=C(C[C@@H]1CCOC1)NCCc1nc2ccccc2o1. The molecule has 0 radical (unpaired) electrons. The molecule has 2 aromatic rings. The Morgan fingerprint density at radius 3 is 3.10 bits per heavy atom. The highest BCUT2D eigenvalue weighted by Gasteiger charge is 2.18. The van der Waals surface area contributed by atoms with Crippen LogP contribution in [0.15, 0.2) is 28.7 Å². The van der Waals surface area contributed by atoms with Crippen LogP contribution in [0.3, 0.4) is 0 Å². The number of ether oxygens (including phenoxy) is 1. The lowest BCUT2D eigenvalue weighted by Crippen LogP contribution is -2.27. The smallest absolute Gasteiger partial charge is 0.220 e. The summed E-state index contributed by atoms with van der Waals surface area (Å²) in [6.07, 6.45) is 2.15. The highest BCUT2D eigenvalue weighted by atomic mass is 16.5. The van der Waals surface area contributed by atoms with Gasteiger partial charge >= 0.3 is 0 Å². The van der Waals surface area contributed by atoms with Crippen molar-refractivity contribution in [3.63, 3.8) is 0 Å². The predicted molar refractivity (Wildman–Crippen MR) is 74.3 cm³/mol. The Balaban J connectivity index is 1.45. The summed E-state index contributed by atoms with van der Waals surface area (Å²) in [5, 5.41) is 2.91. The van der Waals surface area contributed by atoms with Crippen LogP contribution in [-0.2, 0) is 16.0 Å². The molecule has 1 fully saturated rings. The van der Waals surface area contributed by atoms with Crippen LogP contribution in [0, 0.1) is 5.92 Å². The Hall–Kier alpha value is -1.88. The van der Waals surface area contributed by atoms with Crippen molar-refractivity contribution < 1.29 is 13.9 Å². The molecule has 0 bridgehead atoms. The fraction of sp³-hybridized carbons (Fsp3) is 0.467. The van der Waals surface area contributed by atoms with Crippen LogP contribution >= 0.6 is 0 Å². The Bertz CT molecular complexity index is 555. The first-order chi connectivity index (χ1) is 9.81. The standard InChI is InChI=1S/C15H18N2O3/c18-14(9-11-6-8-19-10-11)16-7-5-15-17-12-3-1-2-4-13(12)20-15/h1-4,11H,5-10H2,(H,16,18)/t11-/m0/s1. The van der Waals surface area contributed by atoms with E-state index >= 15 is 0 Å². The van der Waals surface area contributed by atoms with Crippen molar-refractivity contribution in [2.24, 2.45) is 5.92 Å². The zero-order valence-electron chi connectivity index (χ0n) is 11.3. The van der Waals surface area contributed by atoms with Gasteiger partial charge in [-0.25, -0.2) is 4.98 Å². The number of carbonyl (C=O) groups is 1. The minimum atomic E-state index is 0.0802. The number of benzene rings is 1. The first-order valence-electron chi connectivity index (χ1n) is 7.00. The van der Waals surface area contributed by atoms with Gasteiger partial charge in [0.15, 0.2) is 11.5 Å². The third-order valence-corrected chi connectivity index (χ3v) is 3.50. The van der Waals surface area contributed by atoms with Crippen LogP contribution in [0.5, 0.6) is 0 Å². The summed E-state index contributed by atoms with van der Waals surface area (Å²) < 4.78 is 10.9. The van der Waals surface area contributed by atoms with Crippen molar-refractivity contribution in [1.29, 1.82) is 0 Å². The van der Waals surface area contributed by atoms with Gasteiger partial charge in [-0.1, -0.05) is 12.1 Å². The zero-order chi connectivity index (χ0) is 13.8. The fourth-order valence-electron chi connectivity index (χ4n) is 2.41. The average molecular weight is 274 g/mol. The van der Waals surface area contributed by atoms with Crippen molar-refractivity contribution in [1.82, 2.24) is 10.3 Å². The molecule has 2 heterocycles. The normalized spacial score (nSPS) is 18.5. The Morgan fingerprint density at radius 1 is 1.40 bits per heavy atom. The highest BCUT2D eigenvalue weighted by molar-refractivity contribution is 5.76. The van der Waals surface area contributed by atoms with Crippen molar-refractivity contribution in [3.05, 3.63) is 30.2 Å². The van der Waals surface area contributed by atoms with Gasteiger partial charge in [0.05, 0.1) is 0 Å². The van der Waals surface area contributed by atoms with Crippen LogP contribution in [0.2, 0.25) is 0 Å². The molecule has 5 nitrogen and oxygen atoms in total. The van der Waals surface area contributed by atoms with Crippen molar-refractivity contribution in [2.75, 3.05) is 19.8 Å². The van der Waals surface area contributed by atoms with Gasteiger partial charge in [-0.2, -0.15) is 0 Å². The lowest BCUT2D eigenvalue weighted by atomic mass is 10.1. The van der Waals surface area contributed by atoms with E-state index in [1.54, 1.807) is 0 Å². The second-order valence-corrected chi connectivity index (χ2v) is 5.11. The molecule has 0 aliphatic carbocycles. The molecule has 1 amide bonds. The first-order valence-corrected chi connectivity index (χ1v) is 7.00. The second-order valence-electron chi connectivity index (χ2n) is 5.11. The number of hydrogen-bond donors (Lipinski definition) is 1. The number of hydrogen-bond acceptors (Lipinski definition) is 4. The molecule has 5 heteroatoms. The molecule has 3 rings (SSSR count). The fourth-order valence-corrected chi connectivity index (χ4v) is 2.41. The first kappa shape index (κ1) is 13.1. The lowest BCUT2D eigenvalue weighted by Gasteiger charge is -2.07. The minimum absolute atomic E-state index is 0.0802. The van der Waals surface area contributed by atoms with E-state index in [2.05, 4.69) is 10.3 Å². The molecule has 1 aromatic heterocycles. The maximum Gasteiger partial charge on any atom is 0.220 e. The van der Waals surface area contributed by atoms with E-state index in [0.29, 0.717) is 37.8 Å². The Labute approximate surface area is 117 Å². The van der Waals surface area contributed by atoms with E-state index in [1.165, 1.54) is 0 Å². The summed E-state index contributed by atoms with van der Waals surface area (Å²) in [7, 11) is 0. The van der Waals surface area contributed by atoms with E-state index in [1.807, 2.05) is 24.3 Å². The molecule has 1 N–H and O–H groups in total. The van der Waals surface area contributed by atoms with Gasteiger partial charge in [0.1, 0.15) is 5.52 Å². The molecule has 1 aliphatic rings. The molecule has 0 saturated carbocycles. The number of aromatic nitrogens is 1. The van der Waals surface area contributed by atoms with E-state index in [9.17, 15) is 4.79 Å². The number of nitrogens with zero attached hydrogens (tertiary/aromatic N) is 1. The summed E-state index contributed by atoms with van der Waals surface area (Å²) in [6.45, 7) is 2.04. The van der Waals surface area contributed by atoms with Crippen molar-refractivity contribution >= 4 is 17.0 Å². The second kappa shape index (κ2) is 6.05. The number of carbonyl (C=O) groups excluding carboxylic acids is 1. The minimum Gasteiger partial charge on any atom is -0.441 e. The number of nitrogens with one attached hydrogen (secondary N) is 1. The summed E-state index contributed by atoms with van der Waals surface area (Å²) in [4.78, 5) is 16.1. The van der Waals surface area contributed by atoms with E-state index in [0.717, 1.165) is 24.1 Å². The molecule has 0 unspecified atom stereocenters. The molecule has 20 heavy (non-hydrogen) atoms. The van der Waals surface area contributed by atoms with Crippen LogP contribution in [-0.4, -0.2) is 30.6 Å². The van der Waals surface area contributed by atoms with Crippen molar-refractivity contribution in [3.8, 4) is 0 Å². The van der Waals surface area contributed by atoms with E-state index in [-0.39, 0.29) is 5.91 Å². The van der Waals surface area contributed by atoms with Gasteiger partial charge in [-0.05, 0) is 24.5 Å². The number of para-hydroxylation sites is 2. The zero-order valence-corrected chi connectivity index (χ0v) is 11.3. The van der Waals surface area contributed by atoms with Gasteiger partial charge in [0, 0.05) is 32.6 Å². The highest BCUT2D eigenvalue weighted by Crippen LogP contribution is 2.16. The van der Waals surface area contributed by atoms with Gasteiger partial charge in [-0.15, -0.1) is 0 Å². The van der Waals surface area contributed by atoms with Crippen LogP contribution in [0.4, 0.5) is 0 Å². The van der Waals surface area contributed by atoms with Gasteiger partial charge in [-0.3, -0.25) is 4.79 Å². The molecule has 0 spiro atoms. The molecule has 106 valence electrons. The Morgan fingerprint density at radius 2 is 2.30 bits per heavy atom. The molecular formula is C15H18N2O3. The molecule has 1 aliphatic heterocycles. The Kier molecular flexibility index (Phi) is 3.97. The summed E-state index contributed by atoms with van der Waals surface area (Å²) in [5.41, 5.74) is 1.65. The van der Waals surface area contributed by atoms with Crippen LogP contribution in [0.25, 0.3) is 11.1 Å². The topological polar surface area (TPSA) is 64.4 Å². The van der Waals surface area contributed by atoms with Crippen LogP contribution < -0.4 is 5.32 Å². The van der Waals surface area contributed by atoms with Crippen LogP contribution in [0.1, 0.15) is 18.7 Å². The molecule has 1 aromatic carbocycles. The number of oxazole rings is 1. The van der Waals surface area contributed by atoms with E-state index in [4.69, 9.17) is 9.15 Å². The average Bonchev–Trinajstić information content (AvgIpc) is 3.07. The van der Waals surface area contributed by atoms with Gasteiger partial charge < -0.3 is 14.5 Å². The number of fused-ring (bicyclic) bond motifs is 1. The predicted octanol–water partition coefficient (Wildman–Crippen LogP) is 1.91. The third-order valence-electron chi connectivity index (χ3n) is 3.50. The van der Waals surface area contributed by atoms with E-state index < -0.39 is 0 Å². The summed E-state index contributed by atoms with van der Waals surface area (Å²) >= 11 is 0. The maximum absolute atomic E-state index is 11.7. The lowest BCUT2D eigenvalue weighted by molar-refractivity contribution is -0.122. The monoisotopic (exact) mass is 274 g/mol. The molecule has 1 atom stereocenters. The number of amides is 1. The van der Waals surface area contributed by atoms with Crippen molar-refractivity contribution in [2.45, 2.75) is 19.3 Å². The quantitative estimate of drug-likeness (QED) is 0.904. The largest absolute Gasteiger partial charge is 0.441 e. The third kappa shape index (κ3) is 3.17. The van der Waals surface area contributed by atoms with Gasteiger partial charge in [0.25, 0.3) is 0 Å². The molecule has 1 saturated heterocycles. The molecular weight excluding hydrogens is 256 g/mol. The van der Waals surface area contributed by atoms with Gasteiger partial charge in [0.2, 0.25) is 5.91 Å². The summed E-state index contributed by atoms with van der Waals surface area (Å²) in [6, 6.07) is 7.66. The number of rotatable bonds is 5. The summed E-state index contributed by atoms with van der Waals surface area (Å²) in [5.74, 6) is 1.12. The maximum atomic E-state index is 11.7.